The summed E-state index contributed by atoms with van der Waals surface area (Å²) < 4.78 is 9.96. The average molecular weight is 228 g/mol. The molecule has 1 aromatic heterocycles. The first-order valence-corrected chi connectivity index (χ1v) is 7.76. The van der Waals surface area contributed by atoms with Gasteiger partial charge < -0.3 is 13.9 Å². The van der Waals surface area contributed by atoms with Gasteiger partial charge in [-0.3, -0.25) is 0 Å². The Morgan fingerprint density at radius 1 is 1.40 bits per heavy atom. The van der Waals surface area contributed by atoms with Gasteiger partial charge in [-0.05, 0) is 19.6 Å². The molecule has 1 N–H and O–H groups in total. The molecule has 5 nitrogen and oxygen atoms in total. The van der Waals surface area contributed by atoms with E-state index in [1.807, 2.05) is 19.6 Å². The van der Waals surface area contributed by atoms with Crippen LogP contribution in [-0.2, 0) is 0 Å². The Kier molecular flexibility index (Phi) is 2.99. The van der Waals surface area contributed by atoms with Crippen molar-refractivity contribution in [3.05, 3.63) is 28.3 Å². The molecule has 0 atom stereocenters. The summed E-state index contributed by atoms with van der Waals surface area (Å²) in [6.45, 7) is 5.80. The van der Waals surface area contributed by atoms with Gasteiger partial charge in [0.1, 0.15) is 5.75 Å². The topological polar surface area (TPSA) is 76.7 Å². The lowest BCUT2D eigenvalue weighted by Crippen LogP contribution is -2.29. The van der Waals surface area contributed by atoms with Crippen molar-refractivity contribution in [1.29, 1.82) is 0 Å². The fourth-order valence-electron chi connectivity index (χ4n) is 0.972. The third kappa shape index (κ3) is 3.59. The highest BCUT2D eigenvalue weighted by Crippen LogP contribution is 2.15. The van der Waals surface area contributed by atoms with Crippen LogP contribution in [0.1, 0.15) is 10.6 Å². The molecule has 0 aliphatic heterocycles. The van der Waals surface area contributed by atoms with Gasteiger partial charge in [-0.2, -0.15) is 0 Å². The molecule has 0 spiro atoms. The van der Waals surface area contributed by atoms with Crippen molar-refractivity contribution >= 4 is 14.3 Å². The van der Waals surface area contributed by atoms with Crippen molar-refractivity contribution in [2.24, 2.45) is 0 Å². The second-order valence-electron chi connectivity index (χ2n) is 4.00. The predicted molar refractivity (Wildman–Crippen MR) is 55.9 cm³/mol. The standard InChI is InChI=1S/C9H12O5Si/c1-15(2,3)14-6-4-7(9(11)12)13-8(10)5-6/h4-5H,1-3H3,(H,11,12). The zero-order valence-corrected chi connectivity index (χ0v) is 9.73. The Hall–Kier alpha value is -1.56. The summed E-state index contributed by atoms with van der Waals surface area (Å²) in [6, 6.07) is 2.35. The Labute approximate surface area is 87.4 Å². The first kappa shape index (κ1) is 11.5. The molecular weight excluding hydrogens is 216 g/mol. The molecule has 0 radical (unpaired) electrons. The summed E-state index contributed by atoms with van der Waals surface area (Å²) in [7, 11) is -1.85. The van der Waals surface area contributed by atoms with Gasteiger partial charge in [0.05, 0.1) is 6.07 Å². The van der Waals surface area contributed by atoms with E-state index in [0.717, 1.165) is 6.07 Å². The largest absolute Gasteiger partial charge is 0.544 e. The van der Waals surface area contributed by atoms with Gasteiger partial charge in [-0.1, -0.05) is 0 Å². The monoisotopic (exact) mass is 228 g/mol. The number of carbonyl (C=O) groups is 1. The summed E-state index contributed by atoms with van der Waals surface area (Å²) in [4.78, 5) is 21.6. The van der Waals surface area contributed by atoms with Gasteiger partial charge in [-0.15, -0.1) is 0 Å². The molecule has 0 aliphatic rings. The van der Waals surface area contributed by atoms with Crippen LogP contribution in [0.2, 0.25) is 19.6 Å². The number of hydrogen-bond donors (Lipinski definition) is 1. The van der Waals surface area contributed by atoms with E-state index in [0.29, 0.717) is 0 Å². The fraction of sp³-hybridized carbons (Fsp3) is 0.333. The first-order chi connectivity index (χ1) is 6.78. The summed E-state index contributed by atoms with van der Waals surface area (Å²) >= 11 is 0. The molecule has 0 amide bonds. The summed E-state index contributed by atoms with van der Waals surface area (Å²) in [6.07, 6.45) is 0. The molecule has 0 bridgehead atoms. The highest BCUT2D eigenvalue weighted by atomic mass is 28.4. The Morgan fingerprint density at radius 2 is 2.00 bits per heavy atom. The van der Waals surface area contributed by atoms with Crippen LogP contribution >= 0.6 is 0 Å². The van der Waals surface area contributed by atoms with Crippen LogP contribution in [0.5, 0.6) is 5.75 Å². The molecule has 0 saturated carbocycles. The molecule has 82 valence electrons. The van der Waals surface area contributed by atoms with Crippen LogP contribution in [0.15, 0.2) is 21.3 Å². The van der Waals surface area contributed by atoms with E-state index in [4.69, 9.17) is 9.53 Å². The quantitative estimate of drug-likeness (QED) is 0.794. The van der Waals surface area contributed by atoms with E-state index in [1.165, 1.54) is 6.07 Å². The molecule has 15 heavy (non-hydrogen) atoms. The van der Waals surface area contributed by atoms with Crippen molar-refractivity contribution in [3.63, 3.8) is 0 Å². The molecule has 1 heterocycles. The lowest BCUT2D eigenvalue weighted by Gasteiger charge is -2.18. The van der Waals surface area contributed by atoms with Gasteiger partial charge in [-0.25, -0.2) is 9.59 Å². The molecule has 0 fully saturated rings. The van der Waals surface area contributed by atoms with Crippen LogP contribution in [0.4, 0.5) is 0 Å². The maximum Gasteiger partial charge on any atom is 0.372 e. The molecule has 0 aromatic carbocycles. The zero-order valence-electron chi connectivity index (χ0n) is 8.73. The number of aromatic carboxylic acids is 1. The zero-order chi connectivity index (χ0) is 11.6. The van der Waals surface area contributed by atoms with Crippen molar-refractivity contribution in [3.8, 4) is 5.75 Å². The molecule has 0 aliphatic carbocycles. The lowest BCUT2D eigenvalue weighted by molar-refractivity contribution is 0.0656. The predicted octanol–water partition coefficient (Wildman–Crippen LogP) is 1.55. The normalized spacial score (nSPS) is 11.1. The first-order valence-electron chi connectivity index (χ1n) is 4.35. The minimum atomic E-state index is -1.85. The maximum absolute atomic E-state index is 11.0. The van der Waals surface area contributed by atoms with Gasteiger partial charge in [0.2, 0.25) is 14.1 Å². The van der Waals surface area contributed by atoms with Gasteiger partial charge >= 0.3 is 11.6 Å². The number of rotatable bonds is 3. The number of carboxylic acids is 1. The number of hydrogen-bond acceptors (Lipinski definition) is 4. The summed E-state index contributed by atoms with van der Waals surface area (Å²) in [5, 5.41) is 8.66. The van der Waals surface area contributed by atoms with Gasteiger partial charge in [0, 0.05) is 6.07 Å². The van der Waals surface area contributed by atoms with E-state index in [1.54, 1.807) is 0 Å². The second-order valence-corrected chi connectivity index (χ2v) is 8.42. The summed E-state index contributed by atoms with van der Waals surface area (Å²) in [5.41, 5.74) is -0.719. The Morgan fingerprint density at radius 3 is 2.47 bits per heavy atom. The van der Waals surface area contributed by atoms with Crippen molar-refractivity contribution in [2.75, 3.05) is 0 Å². The molecule has 1 aromatic rings. The Bertz CT molecular complexity index is 429. The second kappa shape index (κ2) is 3.89. The third-order valence-corrected chi connectivity index (χ3v) is 2.23. The fourth-order valence-corrected chi connectivity index (χ4v) is 1.80. The minimum Gasteiger partial charge on any atom is -0.544 e. The Balaban J connectivity index is 3.10. The highest BCUT2D eigenvalue weighted by molar-refractivity contribution is 6.70. The van der Waals surface area contributed by atoms with Crippen LogP contribution in [0, 0.1) is 0 Å². The van der Waals surface area contributed by atoms with E-state index >= 15 is 0 Å². The van der Waals surface area contributed by atoms with Crippen LogP contribution in [-0.4, -0.2) is 19.4 Å². The van der Waals surface area contributed by atoms with E-state index in [9.17, 15) is 9.59 Å². The van der Waals surface area contributed by atoms with Crippen LogP contribution in [0.3, 0.4) is 0 Å². The van der Waals surface area contributed by atoms with Crippen LogP contribution < -0.4 is 10.1 Å². The number of carboxylic acid groups (broad SMARTS) is 1. The smallest absolute Gasteiger partial charge is 0.372 e. The maximum atomic E-state index is 11.0. The van der Waals surface area contributed by atoms with E-state index in [-0.39, 0.29) is 5.75 Å². The van der Waals surface area contributed by atoms with E-state index in [2.05, 4.69) is 4.42 Å². The SMILES string of the molecule is C[Si](C)(C)Oc1cc(C(=O)O)oc(=O)c1. The molecule has 0 unspecified atom stereocenters. The molecule has 0 saturated heterocycles. The average Bonchev–Trinajstić information content (AvgIpc) is 1.99. The highest BCUT2D eigenvalue weighted by Gasteiger charge is 2.18. The molecule has 6 heteroatoms. The lowest BCUT2D eigenvalue weighted by atomic mass is 10.4. The van der Waals surface area contributed by atoms with Gasteiger partial charge in [0.15, 0.2) is 0 Å². The van der Waals surface area contributed by atoms with Crippen molar-refractivity contribution < 1.29 is 18.7 Å². The van der Waals surface area contributed by atoms with Crippen molar-refractivity contribution in [2.45, 2.75) is 19.6 Å². The van der Waals surface area contributed by atoms with Gasteiger partial charge in [0.25, 0.3) is 0 Å². The van der Waals surface area contributed by atoms with E-state index < -0.39 is 25.7 Å². The molecular formula is C9H12O5Si. The third-order valence-electron chi connectivity index (χ3n) is 1.38. The van der Waals surface area contributed by atoms with Crippen molar-refractivity contribution in [1.82, 2.24) is 0 Å². The van der Waals surface area contributed by atoms with Crippen LogP contribution in [0.25, 0.3) is 0 Å². The minimum absolute atomic E-state index is 0.253. The molecule has 1 rings (SSSR count). The summed E-state index contributed by atoms with van der Waals surface area (Å²) in [5.74, 6) is -1.44.